The van der Waals surface area contributed by atoms with Crippen molar-refractivity contribution in [3.05, 3.63) is 81.8 Å². The van der Waals surface area contributed by atoms with E-state index < -0.39 is 6.04 Å². The average Bonchev–Trinajstić information content (AvgIpc) is 3.20. The van der Waals surface area contributed by atoms with Crippen LogP contribution in [0.25, 0.3) is 0 Å². The van der Waals surface area contributed by atoms with Crippen molar-refractivity contribution in [2.75, 3.05) is 17.2 Å². The third-order valence-electron chi connectivity index (χ3n) is 5.51. The van der Waals surface area contributed by atoms with E-state index in [4.69, 9.17) is 11.6 Å². The number of nitrogens with one attached hydrogen (secondary N) is 2. The molecule has 2 aromatic carbocycles. The summed E-state index contributed by atoms with van der Waals surface area (Å²) in [6.07, 6.45) is 2.08. The van der Waals surface area contributed by atoms with Crippen LogP contribution in [0.5, 0.6) is 0 Å². The fourth-order valence-electron chi connectivity index (χ4n) is 3.81. The van der Waals surface area contributed by atoms with Gasteiger partial charge in [0.15, 0.2) is 5.82 Å². The number of hydrogen-bond donors (Lipinski definition) is 3. The Hall–Kier alpha value is -3.16. The van der Waals surface area contributed by atoms with E-state index in [9.17, 15) is 9.90 Å². The van der Waals surface area contributed by atoms with Gasteiger partial charge in [0, 0.05) is 29.4 Å². The van der Waals surface area contributed by atoms with Gasteiger partial charge in [0.2, 0.25) is 5.95 Å². The number of fused-ring (bicyclic) bond motifs is 1. The molecule has 1 aliphatic heterocycles. The molecular formula is C24H26ClN5O2. The average molecular weight is 452 g/mol. The Morgan fingerprint density at radius 1 is 1.19 bits per heavy atom. The van der Waals surface area contributed by atoms with Crippen molar-refractivity contribution in [3.63, 3.8) is 0 Å². The molecule has 32 heavy (non-hydrogen) atoms. The molecule has 0 fully saturated rings. The van der Waals surface area contributed by atoms with Crippen molar-refractivity contribution >= 4 is 29.1 Å². The van der Waals surface area contributed by atoms with Gasteiger partial charge in [-0.25, -0.2) is 4.68 Å². The SMILES string of the molecule is CCc1ccc([C@H]2C(C(=O)Nc3ccc(Cl)cc3)=C(C)Nc3nc(CCCO)nn32)cc1. The van der Waals surface area contributed by atoms with Crippen molar-refractivity contribution in [1.29, 1.82) is 0 Å². The zero-order valence-electron chi connectivity index (χ0n) is 18.1. The number of aliphatic hydroxyl groups excluding tert-OH is 1. The summed E-state index contributed by atoms with van der Waals surface area (Å²) in [6.45, 7) is 4.05. The zero-order valence-corrected chi connectivity index (χ0v) is 18.9. The summed E-state index contributed by atoms with van der Waals surface area (Å²) in [5.41, 5.74) is 4.11. The minimum Gasteiger partial charge on any atom is -0.396 e. The molecule has 0 unspecified atom stereocenters. The predicted molar refractivity (Wildman–Crippen MR) is 126 cm³/mol. The second-order valence-corrected chi connectivity index (χ2v) is 8.18. The van der Waals surface area contributed by atoms with Gasteiger partial charge in [0.25, 0.3) is 5.91 Å². The molecule has 0 spiro atoms. The molecule has 4 rings (SSSR count). The number of amides is 1. The lowest BCUT2D eigenvalue weighted by Crippen LogP contribution is -2.31. The van der Waals surface area contributed by atoms with Crippen LogP contribution in [-0.4, -0.2) is 32.4 Å². The number of allylic oxidation sites excluding steroid dienone is 1. The Balaban J connectivity index is 1.74. The lowest BCUT2D eigenvalue weighted by Gasteiger charge is -2.28. The lowest BCUT2D eigenvalue weighted by molar-refractivity contribution is -0.113. The molecule has 8 heteroatoms. The Bertz CT molecular complexity index is 1140. The number of halogens is 1. The normalized spacial score (nSPS) is 15.3. The Labute approximate surface area is 192 Å². The van der Waals surface area contributed by atoms with Gasteiger partial charge in [0.1, 0.15) is 6.04 Å². The maximum absolute atomic E-state index is 13.4. The molecule has 0 saturated carbocycles. The van der Waals surface area contributed by atoms with Crippen LogP contribution in [-0.2, 0) is 17.6 Å². The van der Waals surface area contributed by atoms with E-state index in [-0.39, 0.29) is 12.5 Å². The summed E-state index contributed by atoms with van der Waals surface area (Å²) < 4.78 is 1.76. The molecule has 3 aromatic rings. The van der Waals surface area contributed by atoms with E-state index in [0.717, 1.165) is 17.7 Å². The number of carbonyl (C=O) groups excluding carboxylic acids is 1. The van der Waals surface area contributed by atoms with Crippen LogP contribution >= 0.6 is 11.6 Å². The van der Waals surface area contributed by atoms with Gasteiger partial charge in [-0.3, -0.25) is 4.79 Å². The number of rotatable bonds is 7. The van der Waals surface area contributed by atoms with E-state index in [0.29, 0.717) is 40.9 Å². The summed E-state index contributed by atoms with van der Waals surface area (Å²) in [4.78, 5) is 18.0. The van der Waals surface area contributed by atoms with Crippen molar-refractivity contribution in [3.8, 4) is 0 Å². The van der Waals surface area contributed by atoms with Crippen LogP contribution in [0.3, 0.4) is 0 Å². The first-order valence-corrected chi connectivity index (χ1v) is 11.1. The predicted octanol–water partition coefficient (Wildman–Crippen LogP) is 4.35. The molecule has 1 aromatic heterocycles. The van der Waals surface area contributed by atoms with Gasteiger partial charge in [-0.05, 0) is 55.2 Å². The number of anilines is 2. The summed E-state index contributed by atoms with van der Waals surface area (Å²) in [6, 6.07) is 14.8. The van der Waals surface area contributed by atoms with Gasteiger partial charge in [-0.2, -0.15) is 10.1 Å². The molecule has 0 radical (unpaired) electrons. The van der Waals surface area contributed by atoms with Gasteiger partial charge in [0.05, 0.1) is 5.57 Å². The maximum Gasteiger partial charge on any atom is 0.255 e. The standard InChI is InChI=1S/C24H26ClN5O2/c1-3-16-6-8-17(9-7-16)22-21(23(32)27-19-12-10-18(25)11-13-19)15(2)26-24-28-20(5-4-14-31)29-30(22)24/h6-13,22,31H,3-5,14H2,1-2H3,(H,27,32)(H,26,28,29)/t22-/m0/s1. The Morgan fingerprint density at radius 2 is 1.91 bits per heavy atom. The maximum atomic E-state index is 13.4. The van der Waals surface area contributed by atoms with Crippen LogP contribution in [0.1, 0.15) is 43.3 Å². The van der Waals surface area contributed by atoms with E-state index in [1.807, 2.05) is 19.1 Å². The van der Waals surface area contributed by atoms with Crippen LogP contribution in [0.2, 0.25) is 5.02 Å². The van der Waals surface area contributed by atoms with Crippen LogP contribution in [0, 0.1) is 0 Å². The first kappa shape index (κ1) is 22.0. The van der Waals surface area contributed by atoms with E-state index in [1.165, 1.54) is 5.56 Å². The Morgan fingerprint density at radius 3 is 2.56 bits per heavy atom. The number of aryl methyl sites for hydroxylation is 2. The molecule has 0 saturated heterocycles. The van der Waals surface area contributed by atoms with Gasteiger partial charge in [-0.1, -0.05) is 42.8 Å². The summed E-state index contributed by atoms with van der Waals surface area (Å²) in [7, 11) is 0. The number of aliphatic hydroxyl groups is 1. The second-order valence-electron chi connectivity index (χ2n) is 7.75. The number of nitrogens with zero attached hydrogens (tertiary/aromatic N) is 3. The van der Waals surface area contributed by atoms with Crippen LogP contribution < -0.4 is 10.6 Å². The van der Waals surface area contributed by atoms with Crippen LogP contribution in [0.4, 0.5) is 11.6 Å². The highest BCUT2D eigenvalue weighted by molar-refractivity contribution is 6.30. The highest BCUT2D eigenvalue weighted by atomic mass is 35.5. The van der Waals surface area contributed by atoms with E-state index in [1.54, 1.807) is 28.9 Å². The summed E-state index contributed by atoms with van der Waals surface area (Å²) in [5, 5.41) is 20.7. The number of carbonyl (C=O) groups is 1. The van der Waals surface area contributed by atoms with Gasteiger partial charge < -0.3 is 15.7 Å². The quantitative estimate of drug-likeness (QED) is 0.496. The molecule has 3 N–H and O–H groups in total. The monoisotopic (exact) mass is 451 g/mol. The molecule has 7 nitrogen and oxygen atoms in total. The zero-order chi connectivity index (χ0) is 22.7. The topological polar surface area (TPSA) is 92.1 Å². The van der Waals surface area contributed by atoms with Crippen molar-refractivity contribution in [2.45, 2.75) is 39.2 Å². The molecule has 2 heterocycles. The van der Waals surface area contributed by atoms with Crippen molar-refractivity contribution in [1.82, 2.24) is 14.8 Å². The van der Waals surface area contributed by atoms with Crippen molar-refractivity contribution in [2.24, 2.45) is 0 Å². The summed E-state index contributed by atoms with van der Waals surface area (Å²) in [5.74, 6) is 0.992. The highest BCUT2D eigenvalue weighted by Gasteiger charge is 2.34. The first-order valence-electron chi connectivity index (χ1n) is 10.7. The van der Waals surface area contributed by atoms with Gasteiger partial charge >= 0.3 is 0 Å². The third-order valence-corrected chi connectivity index (χ3v) is 5.76. The molecule has 166 valence electrons. The molecule has 0 aliphatic carbocycles. The third kappa shape index (κ3) is 4.54. The minimum absolute atomic E-state index is 0.0746. The largest absolute Gasteiger partial charge is 0.396 e. The van der Waals surface area contributed by atoms with Crippen LogP contribution in [0.15, 0.2) is 59.8 Å². The Kier molecular flexibility index (Phi) is 6.58. The lowest BCUT2D eigenvalue weighted by atomic mass is 9.94. The van der Waals surface area contributed by atoms with Crippen molar-refractivity contribution < 1.29 is 9.90 Å². The number of benzene rings is 2. The fourth-order valence-corrected chi connectivity index (χ4v) is 3.93. The molecule has 1 aliphatic rings. The minimum atomic E-state index is -0.431. The molecule has 0 bridgehead atoms. The first-order chi connectivity index (χ1) is 15.5. The summed E-state index contributed by atoms with van der Waals surface area (Å²) >= 11 is 5.98. The van der Waals surface area contributed by atoms with E-state index in [2.05, 4.69) is 39.8 Å². The fraction of sp³-hybridized carbons (Fsp3) is 0.292. The van der Waals surface area contributed by atoms with E-state index >= 15 is 0 Å². The number of hydrogen-bond acceptors (Lipinski definition) is 5. The molecule has 1 amide bonds. The number of aromatic nitrogens is 3. The second kappa shape index (κ2) is 9.54. The smallest absolute Gasteiger partial charge is 0.255 e. The molecular weight excluding hydrogens is 426 g/mol. The molecule has 1 atom stereocenters. The highest BCUT2D eigenvalue weighted by Crippen LogP contribution is 2.36. The van der Waals surface area contributed by atoms with Gasteiger partial charge in [-0.15, -0.1) is 0 Å².